The zero-order chi connectivity index (χ0) is 24.2. The molecule has 4 rings (SSSR count). The molecule has 1 atom stereocenters. The third-order valence-corrected chi connectivity index (χ3v) is 5.83. The lowest BCUT2D eigenvalue weighted by molar-refractivity contribution is 0.0977. The average molecular weight is 474 g/mol. The summed E-state index contributed by atoms with van der Waals surface area (Å²) in [5.74, 6) is 0.958. The van der Waals surface area contributed by atoms with Crippen LogP contribution in [0.4, 0.5) is 5.69 Å². The van der Waals surface area contributed by atoms with Gasteiger partial charge >= 0.3 is 0 Å². The highest BCUT2D eigenvalue weighted by atomic mass is 32.1. The molecule has 0 spiro atoms. The monoisotopic (exact) mass is 473 g/mol. The Kier molecular flexibility index (Phi) is 6.93. The predicted molar refractivity (Wildman–Crippen MR) is 139 cm³/mol. The second-order valence-corrected chi connectivity index (χ2v) is 8.68. The van der Waals surface area contributed by atoms with Gasteiger partial charge in [-0.15, -0.1) is 0 Å². The number of aromatic nitrogens is 1. The van der Waals surface area contributed by atoms with E-state index in [1.165, 1.54) is 5.56 Å². The van der Waals surface area contributed by atoms with Gasteiger partial charge in [-0.1, -0.05) is 13.0 Å². The molecular formula is C27H27N3O3S. The molecule has 1 heterocycles. The van der Waals surface area contributed by atoms with Crippen molar-refractivity contribution in [3.05, 3.63) is 77.4 Å². The summed E-state index contributed by atoms with van der Waals surface area (Å²) in [7, 11) is 0. The number of amides is 1. The summed E-state index contributed by atoms with van der Waals surface area (Å²) in [5, 5.41) is 5.97. The first kappa shape index (κ1) is 23.4. The largest absolute Gasteiger partial charge is 0.491 e. The molecule has 0 saturated carbocycles. The van der Waals surface area contributed by atoms with Crippen LogP contribution in [0.25, 0.3) is 22.6 Å². The number of rotatable bonds is 6. The minimum atomic E-state index is -0.298. The first-order valence-corrected chi connectivity index (χ1v) is 11.6. The molecule has 0 aliphatic rings. The standard InChI is InChI=1S/C27H27N3O3S/c1-5-18(4)32-22-11-9-19(10-12-22)25(31)30-27(34)28-21-8-6-7-20(15-21)26-29-23-13-16(2)17(3)14-24(23)33-26/h6-15,18H,5H2,1-4H3,(H2,28,30,31,34). The maximum absolute atomic E-state index is 12.6. The van der Waals surface area contributed by atoms with Crippen LogP contribution in [0.5, 0.6) is 5.75 Å². The number of benzene rings is 3. The average Bonchev–Trinajstić information content (AvgIpc) is 3.22. The summed E-state index contributed by atoms with van der Waals surface area (Å²) >= 11 is 5.35. The van der Waals surface area contributed by atoms with E-state index < -0.39 is 0 Å². The van der Waals surface area contributed by atoms with Gasteiger partial charge in [0.1, 0.15) is 11.3 Å². The van der Waals surface area contributed by atoms with Crippen LogP contribution < -0.4 is 15.4 Å². The molecule has 1 aromatic heterocycles. The van der Waals surface area contributed by atoms with E-state index >= 15 is 0 Å². The highest BCUT2D eigenvalue weighted by Gasteiger charge is 2.12. The van der Waals surface area contributed by atoms with Gasteiger partial charge < -0.3 is 14.5 Å². The van der Waals surface area contributed by atoms with Gasteiger partial charge in [-0.25, -0.2) is 4.98 Å². The van der Waals surface area contributed by atoms with E-state index in [4.69, 9.17) is 21.4 Å². The summed E-state index contributed by atoms with van der Waals surface area (Å²) < 4.78 is 11.7. The van der Waals surface area contributed by atoms with Crippen LogP contribution in [-0.4, -0.2) is 22.1 Å². The van der Waals surface area contributed by atoms with Crippen molar-refractivity contribution in [3.63, 3.8) is 0 Å². The summed E-state index contributed by atoms with van der Waals surface area (Å²) in [6.07, 6.45) is 1.03. The van der Waals surface area contributed by atoms with E-state index in [-0.39, 0.29) is 17.1 Å². The lowest BCUT2D eigenvalue weighted by Gasteiger charge is -2.13. The van der Waals surface area contributed by atoms with Gasteiger partial charge in [-0.05, 0) is 105 Å². The van der Waals surface area contributed by atoms with E-state index in [1.807, 2.05) is 50.2 Å². The molecule has 1 unspecified atom stereocenters. The van der Waals surface area contributed by atoms with Gasteiger partial charge in [0, 0.05) is 16.8 Å². The van der Waals surface area contributed by atoms with Gasteiger partial charge in [0.2, 0.25) is 5.89 Å². The normalized spacial score (nSPS) is 11.8. The minimum Gasteiger partial charge on any atom is -0.491 e. The number of nitrogens with zero attached hydrogens (tertiary/aromatic N) is 1. The van der Waals surface area contributed by atoms with Crippen LogP contribution >= 0.6 is 12.2 Å². The van der Waals surface area contributed by atoms with Crippen molar-refractivity contribution in [2.75, 3.05) is 5.32 Å². The Morgan fingerprint density at radius 3 is 2.56 bits per heavy atom. The molecular weight excluding hydrogens is 446 g/mol. The number of hydrogen-bond acceptors (Lipinski definition) is 5. The number of ether oxygens (including phenoxy) is 1. The van der Waals surface area contributed by atoms with Crippen LogP contribution in [0.1, 0.15) is 41.8 Å². The lowest BCUT2D eigenvalue weighted by Crippen LogP contribution is -2.34. The zero-order valence-electron chi connectivity index (χ0n) is 19.6. The Labute approximate surface area is 204 Å². The van der Waals surface area contributed by atoms with Crippen molar-refractivity contribution in [1.82, 2.24) is 10.3 Å². The van der Waals surface area contributed by atoms with E-state index in [0.29, 0.717) is 11.5 Å². The minimum absolute atomic E-state index is 0.121. The summed E-state index contributed by atoms with van der Waals surface area (Å²) in [4.78, 5) is 17.2. The highest BCUT2D eigenvalue weighted by molar-refractivity contribution is 7.80. The Morgan fingerprint density at radius 2 is 1.82 bits per heavy atom. The number of carbonyl (C=O) groups is 1. The molecule has 6 nitrogen and oxygen atoms in total. The Bertz CT molecular complexity index is 1310. The third kappa shape index (κ3) is 5.43. The van der Waals surface area contributed by atoms with Crippen LogP contribution in [0, 0.1) is 13.8 Å². The van der Waals surface area contributed by atoms with Crippen LogP contribution in [0.15, 0.2) is 65.1 Å². The molecule has 34 heavy (non-hydrogen) atoms. The Hall–Kier alpha value is -3.71. The first-order valence-electron chi connectivity index (χ1n) is 11.2. The van der Waals surface area contributed by atoms with Crippen LogP contribution in [0.3, 0.4) is 0 Å². The molecule has 0 aliphatic carbocycles. The SMILES string of the molecule is CCC(C)Oc1ccc(C(=O)NC(=S)Nc2cccc(-c3nc4cc(C)c(C)cc4o3)c2)cc1. The van der Waals surface area contributed by atoms with Crippen LogP contribution in [0.2, 0.25) is 0 Å². The van der Waals surface area contributed by atoms with Crippen molar-refractivity contribution in [2.24, 2.45) is 0 Å². The second kappa shape index (κ2) is 10.1. The molecule has 0 aliphatic heterocycles. The molecule has 4 aromatic rings. The van der Waals surface area contributed by atoms with E-state index in [2.05, 4.69) is 29.5 Å². The van der Waals surface area contributed by atoms with Crippen LogP contribution in [-0.2, 0) is 0 Å². The quantitative estimate of drug-likeness (QED) is 0.315. The highest BCUT2D eigenvalue weighted by Crippen LogP contribution is 2.28. The number of hydrogen-bond donors (Lipinski definition) is 2. The number of fused-ring (bicyclic) bond motifs is 1. The fourth-order valence-corrected chi connectivity index (χ4v) is 3.58. The first-order chi connectivity index (χ1) is 16.3. The number of nitrogens with one attached hydrogen (secondary N) is 2. The summed E-state index contributed by atoms with van der Waals surface area (Å²) in [6, 6.07) is 18.5. The van der Waals surface area contributed by atoms with Crippen molar-refractivity contribution >= 4 is 40.0 Å². The summed E-state index contributed by atoms with van der Waals surface area (Å²) in [5.41, 5.74) is 5.91. The fraction of sp³-hybridized carbons (Fsp3) is 0.222. The molecule has 3 aromatic carbocycles. The van der Waals surface area contributed by atoms with Gasteiger partial charge in [-0.3, -0.25) is 10.1 Å². The maximum atomic E-state index is 12.6. The smallest absolute Gasteiger partial charge is 0.257 e. The third-order valence-electron chi connectivity index (χ3n) is 5.63. The molecule has 0 bridgehead atoms. The van der Waals surface area contributed by atoms with E-state index in [1.54, 1.807) is 24.3 Å². The van der Waals surface area contributed by atoms with Crippen molar-refractivity contribution in [3.8, 4) is 17.2 Å². The molecule has 0 saturated heterocycles. The molecule has 174 valence electrons. The van der Waals surface area contributed by atoms with Gasteiger partial charge in [0.25, 0.3) is 5.91 Å². The van der Waals surface area contributed by atoms with Gasteiger partial charge in [0.15, 0.2) is 10.7 Å². The van der Waals surface area contributed by atoms with Gasteiger partial charge in [0.05, 0.1) is 6.10 Å². The fourth-order valence-electron chi connectivity index (χ4n) is 3.37. The number of aryl methyl sites for hydroxylation is 2. The van der Waals surface area contributed by atoms with Crippen molar-refractivity contribution in [2.45, 2.75) is 40.2 Å². The number of oxazole rings is 1. The summed E-state index contributed by atoms with van der Waals surface area (Å²) in [6.45, 7) is 8.17. The van der Waals surface area contributed by atoms with E-state index in [9.17, 15) is 4.79 Å². The Morgan fingerprint density at radius 1 is 1.09 bits per heavy atom. The van der Waals surface area contributed by atoms with Gasteiger partial charge in [-0.2, -0.15) is 0 Å². The second-order valence-electron chi connectivity index (χ2n) is 8.27. The number of carbonyl (C=O) groups excluding carboxylic acids is 1. The topological polar surface area (TPSA) is 76.4 Å². The molecule has 2 N–H and O–H groups in total. The zero-order valence-corrected chi connectivity index (χ0v) is 20.5. The Balaban J connectivity index is 1.42. The predicted octanol–water partition coefficient (Wildman–Crippen LogP) is 6.42. The molecule has 7 heteroatoms. The van der Waals surface area contributed by atoms with Crippen molar-refractivity contribution in [1.29, 1.82) is 0 Å². The lowest BCUT2D eigenvalue weighted by atomic mass is 10.1. The van der Waals surface area contributed by atoms with E-state index in [0.717, 1.165) is 40.1 Å². The molecule has 1 amide bonds. The number of thiocarbonyl (C=S) groups is 1. The maximum Gasteiger partial charge on any atom is 0.257 e. The molecule has 0 radical (unpaired) electrons. The number of anilines is 1. The van der Waals surface area contributed by atoms with Crippen molar-refractivity contribution < 1.29 is 13.9 Å². The molecule has 0 fully saturated rings.